The van der Waals surface area contributed by atoms with Gasteiger partial charge < -0.3 is 10.4 Å². The van der Waals surface area contributed by atoms with E-state index >= 15 is 0 Å². The molecule has 0 saturated heterocycles. The Labute approximate surface area is 91.4 Å². The van der Waals surface area contributed by atoms with Gasteiger partial charge in [-0.15, -0.1) is 10.2 Å². The van der Waals surface area contributed by atoms with E-state index in [1.807, 2.05) is 0 Å². The molecule has 88 valence electrons. The van der Waals surface area contributed by atoms with Crippen LogP contribution in [0.5, 0.6) is 0 Å². The molecule has 0 aliphatic rings. The summed E-state index contributed by atoms with van der Waals surface area (Å²) in [5.41, 5.74) is -1.28. The van der Waals surface area contributed by atoms with E-state index < -0.39 is 17.4 Å². The maximum absolute atomic E-state index is 11.6. The summed E-state index contributed by atoms with van der Waals surface area (Å²) in [6.07, 6.45) is 0.560. The van der Waals surface area contributed by atoms with Crippen LogP contribution in [0.15, 0.2) is 0 Å². The van der Waals surface area contributed by atoms with E-state index in [4.69, 9.17) is 5.11 Å². The number of hydrogen-bond donors (Lipinski definition) is 3. The molecule has 0 radical (unpaired) electrons. The summed E-state index contributed by atoms with van der Waals surface area (Å²) < 4.78 is 0. The number of carboxylic acid groups (broad SMARTS) is 1. The van der Waals surface area contributed by atoms with Crippen molar-refractivity contribution in [3.63, 3.8) is 0 Å². The van der Waals surface area contributed by atoms with Crippen molar-refractivity contribution >= 4 is 11.9 Å². The Hall–Kier alpha value is -1.99. The third kappa shape index (κ3) is 2.15. The average molecular weight is 227 g/mol. The SMILES string of the molecule is CCC(CC)(NC(=O)c1nn[nH]n1)C(=O)O. The fourth-order valence-corrected chi connectivity index (χ4v) is 1.31. The van der Waals surface area contributed by atoms with Crippen molar-refractivity contribution in [1.29, 1.82) is 0 Å². The molecule has 0 atom stereocenters. The van der Waals surface area contributed by atoms with Crippen LogP contribution >= 0.6 is 0 Å². The minimum atomic E-state index is -1.28. The zero-order valence-corrected chi connectivity index (χ0v) is 9.02. The monoisotopic (exact) mass is 227 g/mol. The van der Waals surface area contributed by atoms with Crippen LogP contribution < -0.4 is 5.32 Å². The van der Waals surface area contributed by atoms with E-state index in [9.17, 15) is 9.59 Å². The Morgan fingerprint density at radius 3 is 2.44 bits per heavy atom. The number of H-pyrrole nitrogens is 1. The summed E-state index contributed by atoms with van der Waals surface area (Å²) in [6.45, 7) is 3.38. The smallest absolute Gasteiger partial charge is 0.329 e. The van der Waals surface area contributed by atoms with Crippen LogP contribution in [0.2, 0.25) is 0 Å². The number of nitrogens with zero attached hydrogens (tertiary/aromatic N) is 3. The molecule has 8 heteroatoms. The lowest BCUT2D eigenvalue weighted by molar-refractivity contribution is -0.144. The van der Waals surface area contributed by atoms with Gasteiger partial charge in [-0.2, -0.15) is 5.21 Å². The zero-order valence-electron chi connectivity index (χ0n) is 9.02. The van der Waals surface area contributed by atoms with Crippen molar-refractivity contribution in [3.05, 3.63) is 5.82 Å². The Kier molecular flexibility index (Phi) is 3.54. The Bertz CT molecular complexity index is 371. The van der Waals surface area contributed by atoms with Gasteiger partial charge in [-0.05, 0) is 18.1 Å². The minimum absolute atomic E-state index is 0.174. The molecule has 0 fully saturated rings. The van der Waals surface area contributed by atoms with E-state index in [0.29, 0.717) is 0 Å². The number of carbonyl (C=O) groups excluding carboxylic acids is 1. The van der Waals surface area contributed by atoms with Gasteiger partial charge in [0.1, 0.15) is 5.54 Å². The summed E-state index contributed by atoms with van der Waals surface area (Å²) in [6, 6.07) is 0. The highest BCUT2D eigenvalue weighted by atomic mass is 16.4. The summed E-state index contributed by atoms with van der Waals surface area (Å²) in [7, 11) is 0. The molecule has 0 aliphatic carbocycles. The van der Waals surface area contributed by atoms with Crippen molar-refractivity contribution in [2.45, 2.75) is 32.2 Å². The third-order valence-corrected chi connectivity index (χ3v) is 2.52. The molecule has 1 rings (SSSR count). The van der Waals surface area contributed by atoms with Gasteiger partial charge in [0.25, 0.3) is 11.7 Å². The lowest BCUT2D eigenvalue weighted by Crippen LogP contribution is -2.53. The molecule has 1 heterocycles. The first-order valence-electron chi connectivity index (χ1n) is 4.85. The Morgan fingerprint density at radius 1 is 1.44 bits per heavy atom. The Balaban J connectivity index is 2.84. The van der Waals surface area contributed by atoms with Gasteiger partial charge in [-0.1, -0.05) is 13.8 Å². The Morgan fingerprint density at radius 2 is 2.06 bits per heavy atom. The lowest BCUT2D eigenvalue weighted by Gasteiger charge is -2.27. The first kappa shape index (κ1) is 12.1. The molecule has 1 aromatic heterocycles. The lowest BCUT2D eigenvalue weighted by atomic mass is 9.93. The van der Waals surface area contributed by atoms with Gasteiger partial charge in [0, 0.05) is 0 Å². The number of aromatic nitrogens is 4. The van der Waals surface area contributed by atoms with Crippen LogP contribution in [0.25, 0.3) is 0 Å². The minimum Gasteiger partial charge on any atom is -0.480 e. The van der Waals surface area contributed by atoms with Gasteiger partial charge in [-0.25, -0.2) is 4.79 Å². The quantitative estimate of drug-likeness (QED) is 0.627. The van der Waals surface area contributed by atoms with Gasteiger partial charge in [0.2, 0.25) is 0 Å². The van der Waals surface area contributed by atoms with Gasteiger partial charge in [0.05, 0.1) is 0 Å². The number of tetrazole rings is 1. The highest BCUT2D eigenvalue weighted by Gasteiger charge is 2.37. The predicted octanol–water partition coefficient (Wildman–Crippen LogP) is -0.427. The molecule has 0 saturated carbocycles. The van der Waals surface area contributed by atoms with E-state index in [1.165, 1.54) is 0 Å². The van der Waals surface area contributed by atoms with E-state index in [0.717, 1.165) is 0 Å². The molecule has 0 unspecified atom stereocenters. The van der Waals surface area contributed by atoms with Crippen LogP contribution in [-0.2, 0) is 4.79 Å². The first-order chi connectivity index (χ1) is 7.55. The maximum atomic E-state index is 11.6. The third-order valence-electron chi connectivity index (χ3n) is 2.52. The number of hydrogen-bond acceptors (Lipinski definition) is 5. The summed E-state index contributed by atoms with van der Waals surface area (Å²) >= 11 is 0. The molecule has 0 aromatic carbocycles. The predicted molar refractivity (Wildman–Crippen MR) is 52.6 cm³/mol. The molecule has 8 nitrogen and oxygen atoms in total. The number of aromatic amines is 1. The molecular formula is C8H13N5O3. The standard InChI is InChI=1S/C8H13N5O3/c1-3-8(4-2,7(15)16)9-6(14)5-10-12-13-11-5/h3-4H2,1-2H3,(H,9,14)(H,15,16)(H,10,11,12,13). The fourth-order valence-electron chi connectivity index (χ4n) is 1.31. The number of amides is 1. The van der Waals surface area contributed by atoms with Crippen molar-refractivity contribution in [3.8, 4) is 0 Å². The van der Waals surface area contributed by atoms with Crippen molar-refractivity contribution < 1.29 is 14.7 Å². The second kappa shape index (κ2) is 4.69. The van der Waals surface area contributed by atoms with E-state index in [1.54, 1.807) is 13.8 Å². The van der Waals surface area contributed by atoms with Crippen molar-refractivity contribution in [2.75, 3.05) is 0 Å². The molecular weight excluding hydrogens is 214 g/mol. The fraction of sp³-hybridized carbons (Fsp3) is 0.625. The number of aliphatic carboxylic acids is 1. The number of nitrogens with one attached hydrogen (secondary N) is 2. The van der Waals surface area contributed by atoms with E-state index in [-0.39, 0.29) is 18.7 Å². The van der Waals surface area contributed by atoms with Gasteiger partial charge >= 0.3 is 5.97 Å². The second-order valence-electron chi connectivity index (χ2n) is 3.28. The molecule has 3 N–H and O–H groups in total. The second-order valence-corrected chi connectivity index (χ2v) is 3.28. The van der Waals surface area contributed by atoms with E-state index in [2.05, 4.69) is 25.9 Å². The van der Waals surface area contributed by atoms with Crippen LogP contribution in [0.4, 0.5) is 0 Å². The molecule has 0 spiro atoms. The molecule has 0 bridgehead atoms. The molecule has 1 aromatic rings. The molecule has 0 aliphatic heterocycles. The van der Waals surface area contributed by atoms with Gasteiger partial charge in [-0.3, -0.25) is 4.79 Å². The maximum Gasteiger partial charge on any atom is 0.329 e. The summed E-state index contributed by atoms with van der Waals surface area (Å²) in [4.78, 5) is 22.7. The topological polar surface area (TPSA) is 121 Å². The number of rotatable bonds is 5. The molecule has 16 heavy (non-hydrogen) atoms. The van der Waals surface area contributed by atoms with Crippen LogP contribution in [-0.4, -0.2) is 43.1 Å². The first-order valence-corrected chi connectivity index (χ1v) is 4.85. The number of carboxylic acids is 1. The van der Waals surface area contributed by atoms with Crippen molar-refractivity contribution in [1.82, 2.24) is 25.9 Å². The van der Waals surface area contributed by atoms with Crippen molar-refractivity contribution in [2.24, 2.45) is 0 Å². The zero-order chi connectivity index (χ0) is 12.2. The normalized spacial score (nSPS) is 11.1. The summed E-state index contributed by atoms with van der Waals surface area (Å²) in [5.74, 6) is -1.90. The highest BCUT2D eigenvalue weighted by Crippen LogP contribution is 2.15. The molecule has 1 amide bonds. The number of carbonyl (C=O) groups is 2. The van der Waals surface area contributed by atoms with Crippen LogP contribution in [0.3, 0.4) is 0 Å². The average Bonchev–Trinajstić information content (AvgIpc) is 2.78. The largest absolute Gasteiger partial charge is 0.480 e. The van der Waals surface area contributed by atoms with Crippen LogP contribution in [0.1, 0.15) is 37.3 Å². The van der Waals surface area contributed by atoms with Crippen LogP contribution in [0, 0.1) is 0 Å². The highest BCUT2D eigenvalue weighted by molar-refractivity contribution is 5.94. The summed E-state index contributed by atoms with van der Waals surface area (Å²) in [5, 5.41) is 23.8. The van der Waals surface area contributed by atoms with Gasteiger partial charge in [0.15, 0.2) is 0 Å².